The molecule has 4 N–H and O–H groups in total. The van der Waals surface area contributed by atoms with Crippen LogP contribution in [0.2, 0.25) is 0 Å². The number of likely N-dealkylation sites (tertiary alicyclic amines) is 1. The SMILES string of the molecule is C[C@H](NC/C=C/C1(CCN2CC[C@@H]3Cc4[nH]c5ccc(C(F)(F)F)cc5c4[C@H](C)[C@H]3C2)CCOCC1)C(N)=O. The second-order valence-corrected chi connectivity index (χ2v) is 11.9. The summed E-state index contributed by atoms with van der Waals surface area (Å²) in [6.45, 7) is 9.09. The van der Waals surface area contributed by atoms with Crippen molar-refractivity contribution in [2.24, 2.45) is 23.0 Å². The number of amides is 1. The monoisotopic (exact) mass is 546 g/mol. The molecule has 2 saturated heterocycles. The van der Waals surface area contributed by atoms with Crippen LogP contribution in [-0.2, 0) is 22.1 Å². The average Bonchev–Trinajstić information content (AvgIpc) is 3.28. The van der Waals surface area contributed by atoms with Gasteiger partial charge in [0.1, 0.15) is 0 Å². The van der Waals surface area contributed by atoms with Crippen LogP contribution in [-0.4, -0.2) is 61.2 Å². The molecular weight excluding hydrogens is 505 g/mol. The van der Waals surface area contributed by atoms with Crippen LogP contribution in [0.1, 0.15) is 62.3 Å². The highest BCUT2D eigenvalue weighted by atomic mass is 19.4. The van der Waals surface area contributed by atoms with Crippen molar-refractivity contribution in [1.29, 1.82) is 0 Å². The smallest absolute Gasteiger partial charge is 0.381 e. The molecule has 5 rings (SSSR count). The lowest BCUT2D eigenvalue weighted by molar-refractivity contribution is -0.137. The molecule has 39 heavy (non-hydrogen) atoms. The van der Waals surface area contributed by atoms with Crippen molar-refractivity contribution in [3.05, 3.63) is 47.2 Å². The zero-order chi connectivity index (χ0) is 27.8. The third-order valence-electron chi connectivity index (χ3n) is 9.56. The fourth-order valence-corrected chi connectivity index (χ4v) is 7.04. The van der Waals surface area contributed by atoms with Crippen LogP contribution in [0.5, 0.6) is 0 Å². The minimum Gasteiger partial charge on any atom is -0.381 e. The number of nitrogens with zero attached hydrogens (tertiary/aromatic N) is 1. The number of aromatic nitrogens is 1. The van der Waals surface area contributed by atoms with Crippen molar-refractivity contribution in [2.45, 2.75) is 64.1 Å². The lowest BCUT2D eigenvalue weighted by Gasteiger charge is -2.45. The van der Waals surface area contributed by atoms with Gasteiger partial charge in [0.25, 0.3) is 0 Å². The number of primary amides is 1. The first-order chi connectivity index (χ1) is 18.6. The molecular formula is C30H41F3N4O2. The number of rotatable bonds is 8. The Kier molecular flexibility index (Phi) is 8.13. The second-order valence-electron chi connectivity index (χ2n) is 11.9. The topological polar surface area (TPSA) is 83.4 Å². The quantitative estimate of drug-likeness (QED) is 0.408. The van der Waals surface area contributed by atoms with Gasteiger partial charge < -0.3 is 25.7 Å². The van der Waals surface area contributed by atoms with Crippen LogP contribution < -0.4 is 11.1 Å². The van der Waals surface area contributed by atoms with Gasteiger partial charge in [0.05, 0.1) is 11.6 Å². The number of piperidine rings is 1. The van der Waals surface area contributed by atoms with Crippen molar-refractivity contribution in [3.8, 4) is 0 Å². The maximum atomic E-state index is 13.5. The molecule has 1 amide bonds. The molecule has 6 nitrogen and oxygen atoms in total. The minimum absolute atomic E-state index is 0.0723. The maximum Gasteiger partial charge on any atom is 0.416 e. The second kappa shape index (κ2) is 11.3. The summed E-state index contributed by atoms with van der Waals surface area (Å²) in [4.78, 5) is 17.3. The van der Waals surface area contributed by atoms with E-state index in [1.165, 1.54) is 12.1 Å². The highest BCUT2D eigenvalue weighted by Gasteiger charge is 2.41. The number of fused-ring (bicyclic) bond motifs is 4. The number of nitrogens with one attached hydrogen (secondary N) is 2. The van der Waals surface area contributed by atoms with E-state index in [0.29, 0.717) is 18.4 Å². The molecule has 2 fully saturated rings. The molecule has 1 aromatic heterocycles. The molecule has 2 aliphatic heterocycles. The highest BCUT2D eigenvalue weighted by molar-refractivity contribution is 5.86. The van der Waals surface area contributed by atoms with Crippen molar-refractivity contribution >= 4 is 16.8 Å². The van der Waals surface area contributed by atoms with Gasteiger partial charge in [0, 0.05) is 42.9 Å². The summed E-state index contributed by atoms with van der Waals surface area (Å²) in [5, 5.41) is 3.87. The van der Waals surface area contributed by atoms with Crippen LogP contribution in [0, 0.1) is 17.3 Å². The molecule has 3 heterocycles. The van der Waals surface area contributed by atoms with Crippen molar-refractivity contribution < 1.29 is 22.7 Å². The lowest BCUT2D eigenvalue weighted by atomic mass is 9.68. The molecule has 214 valence electrons. The van der Waals surface area contributed by atoms with Gasteiger partial charge in [0.15, 0.2) is 0 Å². The predicted molar refractivity (Wildman–Crippen MR) is 146 cm³/mol. The number of ether oxygens (including phenoxy) is 1. The number of halogens is 3. The summed E-state index contributed by atoms with van der Waals surface area (Å²) in [5.41, 5.74) is 7.86. The van der Waals surface area contributed by atoms with E-state index in [-0.39, 0.29) is 23.3 Å². The Morgan fingerprint density at radius 1 is 1.33 bits per heavy atom. The van der Waals surface area contributed by atoms with E-state index >= 15 is 0 Å². The first-order valence-corrected chi connectivity index (χ1v) is 14.3. The molecule has 0 radical (unpaired) electrons. The van der Waals surface area contributed by atoms with Crippen LogP contribution in [0.25, 0.3) is 10.9 Å². The molecule has 0 spiro atoms. The van der Waals surface area contributed by atoms with E-state index in [0.717, 1.165) is 87.1 Å². The molecule has 9 heteroatoms. The number of H-pyrrole nitrogens is 1. The Hall–Kier alpha value is -2.36. The van der Waals surface area contributed by atoms with Gasteiger partial charge in [-0.2, -0.15) is 13.2 Å². The Morgan fingerprint density at radius 2 is 2.10 bits per heavy atom. The molecule has 1 aromatic carbocycles. The highest BCUT2D eigenvalue weighted by Crippen LogP contribution is 2.47. The number of allylic oxidation sites excluding steroid dienone is 1. The maximum absolute atomic E-state index is 13.5. The van der Waals surface area contributed by atoms with Gasteiger partial charge in [-0.05, 0) is 99.0 Å². The van der Waals surface area contributed by atoms with E-state index in [4.69, 9.17) is 10.5 Å². The van der Waals surface area contributed by atoms with E-state index in [2.05, 4.69) is 34.3 Å². The van der Waals surface area contributed by atoms with Crippen molar-refractivity contribution in [2.75, 3.05) is 39.4 Å². The van der Waals surface area contributed by atoms with E-state index in [9.17, 15) is 18.0 Å². The molecule has 4 atom stereocenters. The number of hydrogen-bond acceptors (Lipinski definition) is 4. The fraction of sp³-hybridized carbons (Fsp3) is 0.633. The van der Waals surface area contributed by atoms with Gasteiger partial charge in [-0.25, -0.2) is 0 Å². The number of carbonyl (C=O) groups is 1. The summed E-state index contributed by atoms with van der Waals surface area (Å²) in [6, 6.07) is 3.74. The first kappa shape index (κ1) is 28.2. The van der Waals surface area contributed by atoms with Crippen LogP contribution in [0.4, 0.5) is 13.2 Å². The zero-order valence-electron chi connectivity index (χ0n) is 22.9. The Morgan fingerprint density at radius 3 is 2.82 bits per heavy atom. The normalized spacial score (nSPS) is 26.4. The summed E-state index contributed by atoms with van der Waals surface area (Å²) >= 11 is 0. The largest absolute Gasteiger partial charge is 0.416 e. The number of nitrogens with two attached hydrogens (primary N) is 1. The number of alkyl halides is 3. The minimum atomic E-state index is -4.34. The van der Waals surface area contributed by atoms with E-state index in [1.54, 1.807) is 13.0 Å². The predicted octanol–water partition coefficient (Wildman–Crippen LogP) is 4.99. The third kappa shape index (κ3) is 6.05. The van der Waals surface area contributed by atoms with Gasteiger partial charge in [-0.1, -0.05) is 19.1 Å². The Bertz CT molecular complexity index is 1200. The van der Waals surface area contributed by atoms with E-state index in [1.807, 2.05) is 0 Å². The molecule has 0 bridgehead atoms. The Balaban J connectivity index is 1.26. The van der Waals surface area contributed by atoms with Crippen LogP contribution >= 0.6 is 0 Å². The van der Waals surface area contributed by atoms with E-state index < -0.39 is 11.7 Å². The number of aromatic amines is 1. The van der Waals surface area contributed by atoms with Crippen molar-refractivity contribution in [3.63, 3.8) is 0 Å². The Labute approximate surface area is 228 Å². The first-order valence-electron chi connectivity index (χ1n) is 14.3. The molecule has 1 aliphatic carbocycles. The van der Waals surface area contributed by atoms with Gasteiger partial charge >= 0.3 is 6.18 Å². The number of hydrogen-bond donors (Lipinski definition) is 3. The molecule has 0 saturated carbocycles. The number of carbonyl (C=O) groups excluding carboxylic acids is 1. The average molecular weight is 547 g/mol. The number of benzene rings is 1. The third-order valence-corrected chi connectivity index (χ3v) is 9.56. The van der Waals surface area contributed by atoms with Crippen LogP contribution in [0.3, 0.4) is 0 Å². The molecule has 0 unspecified atom stereocenters. The van der Waals surface area contributed by atoms with Gasteiger partial charge in [-0.15, -0.1) is 0 Å². The van der Waals surface area contributed by atoms with Gasteiger partial charge in [-0.3, -0.25) is 4.79 Å². The van der Waals surface area contributed by atoms with Gasteiger partial charge in [0.2, 0.25) is 5.91 Å². The van der Waals surface area contributed by atoms with Crippen LogP contribution in [0.15, 0.2) is 30.4 Å². The summed E-state index contributed by atoms with van der Waals surface area (Å²) in [7, 11) is 0. The summed E-state index contributed by atoms with van der Waals surface area (Å²) < 4.78 is 46.0. The summed E-state index contributed by atoms with van der Waals surface area (Å²) in [5.74, 6) is 0.828. The zero-order valence-corrected chi connectivity index (χ0v) is 22.9. The lowest BCUT2D eigenvalue weighted by Crippen LogP contribution is -2.46. The summed E-state index contributed by atoms with van der Waals surface area (Å²) in [6.07, 6.45) is 5.10. The molecule has 2 aromatic rings. The molecule has 3 aliphatic rings. The van der Waals surface area contributed by atoms with Crippen molar-refractivity contribution in [1.82, 2.24) is 15.2 Å². The fourth-order valence-electron chi connectivity index (χ4n) is 7.04. The standard InChI is InChI=1S/C30H41F3N4O2/c1-19-24-18-37(13-8-29(9-14-39-15-10-29)7-3-11-35-20(2)28(34)38)12-6-21(24)16-26-27(19)23-17-22(30(31,32)33)4-5-25(23)36-26/h3-5,7,17,19-21,24,35-36H,6,8-16,18H2,1-2H3,(H2,34,38)/b7-3+/t19-,20+,21-,24-/m1/s1.